The topological polar surface area (TPSA) is 136 Å². The number of rotatable bonds is 5. The Morgan fingerprint density at radius 3 is 2.68 bits per heavy atom. The number of hydrogen-bond donors (Lipinski definition) is 2. The minimum Gasteiger partial charge on any atom is -0.456 e. The molecule has 10 nitrogen and oxygen atoms in total. The quantitative estimate of drug-likeness (QED) is 0.356. The number of ether oxygens (including phenoxy) is 3. The summed E-state index contributed by atoms with van der Waals surface area (Å²) in [6.45, 7) is 0.473. The van der Waals surface area contributed by atoms with E-state index in [0.717, 1.165) is 5.56 Å². The number of carbonyl (C=O) groups is 1. The Labute approximate surface area is 224 Å². The van der Waals surface area contributed by atoms with E-state index in [1.165, 1.54) is 6.26 Å². The number of nitrogens with one attached hydrogen (secondary N) is 1. The van der Waals surface area contributed by atoms with Crippen molar-refractivity contribution in [3.05, 3.63) is 65.2 Å². The maximum Gasteiger partial charge on any atom is 0.296 e. The highest BCUT2D eigenvalue weighted by Crippen LogP contribution is 2.37. The molecule has 2 aromatic carbocycles. The number of aliphatic hydroxyl groups excluding tert-OH is 1. The van der Waals surface area contributed by atoms with Gasteiger partial charge in [0, 0.05) is 11.1 Å². The molecule has 4 atom stereocenters. The van der Waals surface area contributed by atoms with Gasteiger partial charge in [-0.15, -0.1) is 6.26 Å². The average Bonchev–Trinajstić information content (AvgIpc) is 3.60. The van der Waals surface area contributed by atoms with Crippen LogP contribution in [0.1, 0.15) is 10.4 Å². The molecule has 0 radical (unpaired) electrons. The molecule has 4 heterocycles. The van der Waals surface area contributed by atoms with Gasteiger partial charge in [0.2, 0.25) is 0 Å². The van der Waals surface area contributed by atoms with Gasteiger partial charge in [-0.25, -0.2) is 4.98 Å². The summed E-state index contributed by atoms with van der Waals surface area (Å²) in [5.41, 5.74) is 3.97. The summed E-state index contributed by atoms with van der Waals surface area (Å²) in [7, 11) is -1.62. The zero-order valence-corrected chi connectivity index (χ0v) is 21.6. The number of aliphatic hydroxyl groups is 1. The van der Waals surface area contributed by atoms with Gasteiger partial charge < -0.3 is 32.9 Å². The van der Waals surface area contributed by atoms with Crippen molar-refractivity contribution in [1.82, 2.24) is 15.0 Å². The Kier molecular flexibility index (Phi) is 6.62. The van der Waals surface area contributed by atoms with E-state index in [1.54, 1.807) is 24.3 Å². The maximum atomic E-state index is 12.5. The van der Waals surface area contributed by atoms with E-state index >= 15 is 0 Å². The number of aromatic amines is 1. The van der Waals surface area contributed by atoms with Crippen LogP contribution in [0.4, 0.5) is 0 Å². The molecule has 0 aliphatic carbocycles. The van der Waals surface area contributed by atoms with Crippen LogP contribution < -0.4 is 4.74 Å². The first-order valence-electron chi connectivity index (χ1n) is 11.8. The van der Waals surface area contributed by atoms with Crippen molar-refractivity contribution in [2.24, 2.45) is 4.36 Å². The van der Waals surface area contributed by atoms with Crippen LogP contribution >= 0.6 is 11.6 Å². The maximum absolute atomic E-state index is 12.5. The van der Waals surface area contributed by atoms with Crippen LogP contribution in [0.2, 0.25) is 5.02 Å². The van der Waals surface area contributed by atoms with Gasteiger partial charge in [0.25, 0.3) is 11.9 Å². The van der Waals surface area contributed by atoms with Crippen LogP contribution in [0.15, 0.2) is 59.0 Å². The molecule has 2 aliphatic rings. The highest BCUT2D eigenvalue weighted by atomic mass is 35.5. The molecule has 0 spiro atoms. The summed E-state index contributed by atoms with van der Waals surface area (Å²) in [5, 5.41) is 10.3. The fourth-order valence-corrected chi connectivity index (χ4v) is 5.33. The third-order valence-electron chi connectivity index (χ3n) is 6.47. The first-order valence-corrected chi connectivity index (χ1v) is 13.7. The van der Waals surface area contributed by atoms with E-state index in [0.29, 0.717) is 38.6 Å². The van der Waals surface area contributed by atoms with Crippen molar-refractivity contribution >= 4 is 39.3 Å². The molecule has 12 heteroatoms. The van der Waals surface area contributed by atoms with Crippen LogP contribution in [0.5, 0.6) is 6.01 Å². The minimum atomic E-state index is -1.62. The monoisotopic (exact) mass is 553 g/mol. The van der Waals surface area contributed by atoms with Gasteiger partial charge in [-0.05, 0) is 29.3 Å². The van der Waals surface area contributed by atoms with Crippen LogP contribution in [-0.2, 0) is 24.3 Å². The van der Waals surface area contributed by atoms with Crippen molar-refractivity contribution in [3.63, 3.8) is 0 Å². The van der Waals surface area contributed by atoms with Gasteiger partial charge in [0.15, 0.2) is 11.8 Å². The number of halogens is 1. The number of nitrogens with zero attached hydrogens (tertiary/aromatic N) is 3. The first kappa shape index (κ1) is 25.0. The highest BCUT2D eigenvalue weighted by molar-refractivity contribution is 7.74. The molecule has 2 N–H and O–H groups in total. The van der Waals surface area contributed by atoms with E-state index < -0.39 is 34.8 Å². The number of amides is 1. The SMILES string of the molecule is C[S-](=O)=NC(=O)c1ccc(-c2nc3nc(O[C@@H]4CO[C@H]5[C@@H]4OC[C@H]5O)[nH]c3cc2Cl)c(-c2ccccc2)c1. The van der Waals surface area contributed by atoms with Crippen molar-refractivity contribution < 1.29 is 28.3 Å². The molecule has 2 aliphatic heterocycles. The van der Waals surface area contributed by atoms with E-state index in [4.69, 9.17) is 30.8 Å². The lowest BCUT2D eigenvalue weighted by Gasteiger charge is -2.15. The van der Waals surface area contributed by atoms with Gasteiger partial charge in [-0.3, -0.25) is 4.79 Å². The van der Waals surface area contributed by atoms with E-state index in [9.17, 15) is 14.1 Å². The van der Waals surface area contributed by atoms with Crippen molar-refractivity contribution in [1.29, 1.82) is 0 Å². The first-order chi connectivity index (χ1) is 18.4. The second kappa shape index (κ2) is 10.1. The average molecular weight is 554 g/mol. The molecule has 2 fully saturated rings. The van der Waals surface area contributed by atoms with Gasteiger partial charge in [0.1, 0.15) is 18.3 Å². The lowest BCUT2D eigenvalue weighted by molar-refractivity contribution is 0.00706. The number of pyridine rings is 1. The number of fused-ring (bicyclic) bond motifs is 2. The summed E-state index contributed by atoms with van der Waals surface area (Å²) >= 11 is 6.69. The Morgan fingerprint density at radius 1 is 1.11 bits per heavy atom. The zero-order valence-electron chi connectivity index (χ0n) is 20.0. The summed E-state index contributed by atoms with van der Waals surface area (Å²) < 4.78 is 32.3. The summed E-state index contributed by atoms with van der Waals surface area (Å²) in [6, 6.07) is 16.5. The molecule has 0 bridgehead atoms. The Morgan fingerprint density at radius 2 is 1.89 bits per heavy atom. The summed E-state index contributed by atoms with van der Waals surface area (Å²) in [4.78, 5) is 24.8. The number of H-pyrrole nitrogens is 1. The number of carbonyl (C=O) groups excluding carboxylic acids is 1. The van der Waals surface area contributed by atoms with E-state index in [-0.39, 0.29) is 25.3 Å². The molecule has 6 rings (SSSR count). The molecular weight excluding hydrogens is 532 g/mol. The van der Waals surface area contributed by atoms with E-state index in [1.807, 2.05) is 30.3 Å². The largest absolute Gasteiger partial charge is 0.456 e. The smallest absolute Gasteiger partial charge is 0.296 e. The van der Waals surface area contributed by atoms with Crippen molar-refractivity contribution in [3.8, 4) is 28.4 Å². The number of benzene rings is 2. The molecule has 2 saturated heterocycles. The predicted molar refractivity (Wildman–Crippen MR) is 140 cm³/mol. The van der Waals surface area contributed by atoms with Gasteiger partial charge >= 0.3 is 0 Å². The highest BCUT2D eigenvalue weighted by Gasteiger charge is 2.48. The van der Waals surface area contributed by atoms with Crippen LogP contribution in [-0.4, -0.2) is 69.9 Å². The van der Waals surface area contributed by atoms with Gasteiger partial charge in [-0.1, -0.05) is 48.0 Å². The zero-order chi connectivity index (χ0) is 26.4. The second-order valence-corrected chi connectivity index (χ2v) is 10.4. The van der Waals surface area contributed by atoms with Crippen molar-refractivity contribution in [2.75, 3.05) is 19.5 Å². The normalized spacial score (nSPS) is 23.6. The Bertz CT molecular complexity index is 1620. The summed E-state index contributed by atoms with van der Waals surface area (Å²) in [5.74, 6) is -0.574. The van der Waals surface area contributed by atoms with Gasteiger partial charge in [0.05, 0.1) is 29.4 Å². The molecular formula is C26H22ClN4O6S-. The second-order valence-electron chi connectivity index (χ2n) is 9.00. The fraction of sp³-hybridized carbons (Fsp3) is 0.269. The molecule has 2 aromatic heterocycles. The molecule has 0 saturated carbocycles. The van der Waals surface area contributed by atoms with Crippen LogP contribution in [0.25, 0.3) is 33.5 Å². The number of imidazole rings is 1. The molecule has 1 amide bonds. The molecule has 0 unspecified atom stereocenters. The van der Waals surface area contributed by atoms with Crippen LogP contribution in [0, 0.1) is 0 Å². The van der Waals surface area contributed by atoms with Gasteiger partial charge in [-0.2, -0.15) is 15.6 Å². The van der Waals surface area contributed by atoms with Crippen molar-refractivity contribution in [2.45, 2.75) is 24.4 Å². The molecule has 38 heavy (non-hydrogen) atoms. The number of aromatic nitrogens is 3. The Balaban J connectivity index is 1.38. The van der Waals surface area contributed by atoms with E-state index in [2.05, 4.69) is 14.3 Å². The number of hydrogen-bond acceptors (Lipinski definition) is 9. The fourth-order valence-electron chi connectivity index (χ4n) is 4.74. The third kappa shape index (κ3) is 4.67. The third-order valence-corrected chi connectivity index (χ3v) is 7.18. The minimum absolute atomic E-state index is 0.203. The Hall–Kier alpha value is -3.35. The summed E-state index contributed by atoms with van der Waals surface area (Å²) in [6.07, 6.45) is -0.555. The van der Waals surface area contributed by atoms with Crippen LogP contribution in [0.3, 0.4) is 0 Å². The predicted octanol–water partition coefficient (Wildman–Crippen LogP) is 3.77. The molecule has 196 valence electrons. The lowest BCUT2D eigenvalue weighted by atomic mass is 9.95. The standard InChI is InChI=1S/C26H22ClN4O6S/c1-38(34)31-25(33)14-7-8-15(16(9-14)13-5-3-2-4-6-13)21-17(27)10-18-24(29-21)30-26(28-18)37-20-12-36-22-19(32)11-35-23(20)22/h2-10,19-20,22-23,32H,11-12H2,1H3,(H,28,29,30)/q-1/t19-,20-,22-,23-/m1/s1. The lowest BCUT2D eigenvalue weighted by Crippen LogP contribution is -2.34. The molecule has 4 aromatic rings.